The van der Waals surface area contributed by atoms with Gasteiger partial charge in [-0.3, -0.25) is 4.79 Å². The Morgan fingerprint density at radius 2 is 2.07 bits per heavy atom. The third-order valence-electron chi connectivity index (χ3n) is 3.39. The normalized spacial score (nSPS) is 21.9. The minimum absolute atomic E-state index is 0.410. The number of nitrogens with zero attached hydrogens (tertiary/aromatic N) is 1. The van der Waals surface area contributed by atoms with E-state index in [0.717, 1.165) is 26.1 Å². The Morgan fingerprint density at radius 3 is 2.47 bits per heavy atom. The van der Waals surface area contributed by atoms with Gasteiger partial charge in [0.2, 0.25) is 0 Å². The van der Waals surface area contributed by atoms with Crippen molar-refractivity contribution in [2.45, 2.75) is 40.5 Å². The van der Waals surface area contributed by atoms with E-state index in [-0.39, 0.29) is 0 Å². The second kappa shape index (κ2) is 4.12. The monoisotopic (exact) mass is 213 g/mol. The molecule has 3 nitrogen and oxygen atoms in total. The lowest BCUT2D eigenvalue weighted by atomic mass is 9.89. The average molecular weight is 213 g/mol. The summed E-state index contributed by atoms with van der Waals surface area (Å²) in [5.74, 6) is -0.694. The predicted molar refractivity (Wildman–Crippen MR) is 60.9 cm³/mol. The summed E-state index contributed by atoms with van der Waals surface area (Å²) in [4.78, 5) is 13.3. The Morgan fingerprint density at radius 1 is 1.47 bits per heavy atom. The summed E-state index contributed by atoms with van der Waals surface area (Å²) in [5.41, 5.74) is -0.180. The largest absolute Gasteiger partial charge is 0.481 e. The van der Waals surface area contributed by atoms with Gasteiger partial charge in [-0.1, -0.05) is 13.8 Å². The molecule has 0 saturated carbocycles. The van der Waals surface area contributed by atoms with Crippen molar-refractivity contribution in [2.75, 3.05) is 19.6 Å². The van der Waals surface area contributed by atoms with Gasteiger partial charge in [0.05, 0.1) is 5.41 Å². The Labute approximate surface area is 92.5 Å². The second-order valence-electron chi connectivity index (χ2n) is 6.13. The maximum atomic E-state index is 10.9. The maximum Gasteiger partial charge on any atom is 0.309 e. The van der Waals surface area contributed by atoms with Gasteiger partial charge in [0.15, 0.2) is 0 Å². The van der Waals surface area contributed by atoms with Gasteiger partial charge in [-0.05, 0) is 45.2 Å². The van der Waals surface area contributed by atoms with Crippen LogP contribution in [0.25, 0.3) is 0 Å². The summed E-state index contributed by atoms with van der Waals surface area (Å²) in [5, 5.41) is 9.00. The lowest BCUT2D eigenvalue weighted by molar-refractivity contribution is -0.147. The van der Waals surface area contributed by atoms with Crippen LogP contribution in [-0.2, 0) is 4.79 Å². The summed E-state index contributed by atoms with van der Waals surface area (Å²) < 4.78 is 0. The number of likely N-dealkylation sites (tertiary alicyclic amines) is 1. The van der Waals surface area contributed by atoms with Gasteiger partial charge in [-0.25, -0.2) is 0 Å². The second-order valence-corrected chi connectivity index (χ2v) is 6.13. The van der Waals surface area contributed by atoms with Crippen LogP contribution < -0.4 is 0 Å². The quantitative estimate of drug-likeness (QED) is 0.778. The molecular weight excluding hydrogens is 190 g/mol. The van der Waals surface area contributed by atoms with Gasteiger partial charge in [0, 0.05) is 6.54 Å². The lowest BCUT2D eigenvalue weighted by Gasteiger charge is -2.24. The van der Waals surface area contributed by atoms with E-state index in [0.29, 0.717) is 5.41 Å². The highest BCUT2D eigenvalue weighted by molar-refractivity contribution is 5.73. The molecule has 1 aliphatic heterocycles. The first-order valence-corrected chi connectivity index (χ1v) is 5.69. The molecule has 0 aromatic heterocycles. The molecule has 1 heterocycles. The molecule has 15 heavy (non-hydrogen) atoms. The molecule has 1 fully saturated rings. The Hall–Kier alpha value is -0.570. The van der Waals surface area contributed by atoms with Crippen molar-refractivity contribution in [1.29, 1.82) is 0 Å². The Balaban J connectivity index is 2.36. The zero-order valence-corrected chi connectivity index (χ0v) is 10.3. The van der Waals surface area contributed by atoms with Crippen LogP contribution >= 0.6 is 0 Å². The van der Waals surface area contributed by atoms with Crippen molar-refractivity contribution >= 4 is 5.97 Å². The standard InChI is InChI=1S/C12H23NO2/c1-11(2)5-7-13(9-11)8-6-12(3,4)10(14)15/h5-9H2,1-4H3,(H,14,15). The van der Waals surface area contributed by atoms with Crippen molar-refractivity contribution in [2.24, 2.45) is 10.8 Å². The van der Waals surface area contributed by atoms with Crippen molar-refractivity contribution in [3.05, 3.63) is 0 Å². The first-order chi connectivity index (χ1) is 6.73. The van der Waals surface area contributed by atoms with Crippen molar-refractivity contribution in [1.82, 2.24) is 4.90 Å². The number of carboxylic acid groups (broad SMARTS) is 1. The molecule has 0 aromatic rings. The first kappa shape index (κ1) is 12.5. The van der Waals surface area contributed by atoms with E-state index < -0.39 is 11.4 Å². The van der Waals surface area contributed by atoms with E-state index in [4.69, 9.17) is 5.11 Å². The fraction of sp³-hybridized carbons (Fsp3) is 0.917. The molecule has 0 bridgehead atoms. The molecule has 0 spiro atoms. The molecule has 1 N–H and O–H groups in total. The third-order valence-corrected chi connectivity index (χ3v) is 3.39. The molecule has 0 radical (unpaired) electrons. The van der Waals surface area contributed by atoms with E-state index in [1.807, 2.05) is 0 Å². The van der Waals surface area contributed by atoms with Crippen molar-refractivity contribution < 1.29 is 9.90 Å². The molecule has 0 aromatic carbocycles. The lowest BCUT2D eigenvalue weighted by Crippen LogP contribution is -2.31. The highest BCUT2D eigenvalue weighted by Crippen LogP contribution is 2.30. The van der Waals surface area contributed by atoms with Gasteiger partial charge in [0.25, 0.3) is 0 Å². The van der Waals surface area contributed by atoms with Crippen LogP contribution in [0.4, 0.5) is 0 Å². The summed E-state index contributed by atoms with van der Waals surface area (Å²) in [6.45, 7) is 11.3. The molecule has 0 atom stereocenters. The van der Waals surface area contributed by atoms with E-state index in [1.54, 1.807) is 13.8 Å². The topological polar surface area (TPSA) is 40.5 Å². The Bertz CT molecular complexity index is 246. The zero-order valence-electron chi connectivity index (χ0n) is 10.3. The highest BCUT2D eigenvalue weighted by Gasteiger charge is 2.32. The Kier molecular flexibility index (Phi) is 3.44. The average Bonchev–Trinajstić information content (AvgIpc) is 2.42. The first-order valence-electron chi connectivity index (χ1n) is 5.69. The molecule has 1 aliphatic rings. The summed E-state index contributed by atoms with van der Waals surface area (Å²) in [6.07, 6.45) is 1.96. The SMILES string of the molecule is CC1(C)CCN(CCC(C)(C)C(=O)O)C1. The minimum Gasteiger partial charge on any atom is -0.481 e. The van der Waals surface area contributed by atoms with Gasteiger partial charge >= 0.3 is 5.97 Å². The summed E-state index contributed by atoms with van der Waals surface area (Å²) in [7, 11) is 0. The summed E-state index contributed by atoms with van der Waals surface area (Å²) in [6, 6.07) is 0. The maximum absolute atomic E-state index is 10.9. The van der Waals surface area contributed by atoms with Crippen LogP contribution in [0.2, 0.25) is 0 Å². The molecule has 3 heteroatoms. The number of hydrogen-bond donors (Lipinski definition) is 1. The molecule has 0 aliphatic carbocycles. The van der Waals surface area contributed by atoms with Crippen LogP contribution in [0.1, 0.15) is 40.5 Å². The number of hydrogen-bond acceptors (Lipinski definition) is 2. The van der Waals surface area contributed by atoms with Crippen LogP contribution in [0.3, 0.4) is 0 Å². The number of aliphatic carboxylic acids is 1. The van der Waals surface area contributed by atoms with Crippen molar-refractivity contribution in [3.63, 3.8) is 0 Å². The third kappa shape index (κ3) is 3.49. The number of rotatable bonds is 4. The molecule has 0 unspecified atom stereocenters. The van der Waals surface area contributed by atoms with Gasteiger partial charge in [0.1, 0.15) is 0 Å². The molecule has 0 amide bonds. The van der Waals surface area contributed by atoms with Crippen LogP contribution in [0.5, 0.6) is 0 Å². The van der Waals surface area contributed by atoms with Crippen LogP contribution in [0, 0.1) is 10.8 Å². The highest BCUT2D eigenvalue weighted by atomic mass is 16.4. The fourth-order valence-electron chi connectivity index (χ4n) is 1.96. The smallest absolute Gasteiger partial charge is 0.309 e. The van der Waals surface area contributed by atoms with Crippen molar-refractivity contribution in [3.8, 4) is 0 Å². The van der Waals surface area contributed by atoms with E-state index in [2.05, 4.69) is 18.7 Å². The number of carbonyl (C=O) groups is 1. The van der Waals surface area contributed by atoms with E-state index in [1.165, 1.54) is 6.42 Å². The van der Waals surface area contributed by atoms with Gasteiger partial charge < -0.3 is 10.0 Å². The fourth-order valence-corrected chi connectivity index (χ4v) is 1.96. The molecule has 1 rings (SSSR count). The minimum atomic E-state index is -0.694. The van der Waals surface area contributed by atoms with E-state index in [9.17, 15) is 4.79 Å². The molecule has 1 saturated heterocycles. The number of carboxylic acids is 1. The van der Waals surface area contributed by atoms with Crippen LogP contribution in [0.15, 0.2) is 0 Å². The molecule has 88 valence electrons. The van der Waals surface area contributed by atoms with Gasteiger partial charge in [-0.15, -0.1) is 0 Å². The van der Waals surface area contributed by atoms with Crippen LogP contribution in [-0.4, -0.2) is 35.6 Å². The summed E-state index contributed by atoms with van der Waals surface area (Å²) >= 11 is 0. The van der Waals surface area contributed by atoms with Gasteiger partial charge in [-0.2, -0.15) is 0 Å². The predicted octanol–water partition coefficient (Wildman–Crippen LogP) is 2.22. The zero-order chi connectivity index (χ0) is 11.7. The van der Waals surface area contributed by atoms with E-state index >= 15 is 0 Å². The molecular formula is C12H23NO2.